The lowest BCUT2D eigenvalue weighted by Crippen LogP contribution is -2.15. The smallest absolute Gasteiger partial charge is 0.310 e. The van der Waals surface area contributed by atoms with Crippen molar-refractivity contribution in [3.05, 3.63) is 29.1 Å². The number of carbonyl (C=O) groups is 1. The third-order valence-corrected chi connectivity index (χ3v) is 1.83. The molecule has 1 N–H and O–H groups in total. The number of halogens is 4. The molecule has 0 aliphatic carbocycles. The number of carboxylic acids is 1. The van der Waals surface area contributed by atoms with Crippen molar-refractivity contribution in [2.24, 2.45) is 0 Å². The van der Waals surface area contributed by atoms with E-state index >= 15 is 0 Å². The summed E-state index contributed by atoms with van der Waals surface area (Å²) in [5, 5.41) is 8.47. The highest BCUT2D eigenvalue weighted by molar-refractivity contribution is 5.75. The van der Waals surface area contributed by atoms with Gasteiger partial charge in [0.1, 0.15) is 0 Å². The highest BCUT2D eigenvalue weighted by Gasteiger charge is 2.28. The molecule has 1 heterocycles. The number of nitrogens with zero attached hydrogens (tertiary/aromatic N) is 1. The van der Waals surface area contributed by atoms with Crippen LogP contribution in [0.25, 0.3) is 0 Å². The number of aromatic nitrogens is 1. The maximum atomic E-state index is 12.9. The van der Waals surface area contributed by atoms with E-state index in [1.165, 1.54) is 0 Å². The van der Waals surface area contributed by atoms with Crippen LogP contribution >= 0.6 is 0 Å². The summed E-state index contributed by atoms with van der Waals surface area (Å²) in [5.41, 5.74) is -1.17. The monoisotopic (exact) mass is 223 g/mol. The molecule has 1 aromatic heterocycles. The van der Waals surface area contributed by atoms with E-state index in [1.807, 2.05) is 0 Å². The van der Waals surface area contributed by atoms with E-state index < -0.39 is 41.0 Å². The average molecular weight is 223 g/mol. The number of rotatable bonds is 2. The van der Waals surface area contributed by atoms with Gasteiger partial charge in [-0.15, -0.1) is 0 Å². The van der Waals surface area contributed by atoms with Crippen LogP contribution in [-0.2, 0) is 4.79 Å². The molecule has 0 amide bonds. The van der Waals surface area contributed by atoms with Gasteiger partial charge >= 0.3 is 5.97 Å². The Morgan fingerprint density at radius 2 is 1.60 bits per heavy atom. The molecule has 0 bridgehead atoms. The number of carboxylic acid groups (broad SMARTS) is 1. The summed E-state index contributed by atoms with van der Waals surface area (Å²) in [6.45, 7) is 0.905. The number of hydrogen-bond donors (Lipinski definition) is 1. The molecular weight excluding hydrogens is 218 g/mol. The first-order chi connectivity index (χ1) is 6.86. The molecule has 0 radical (unpaired) electrons. The summed E-state index contributed by atoms with van der Waals surface area (Å²) in [7, 11) is 0. The first-order valence-corrected chi connectivity index (χ1v) is 3.79. The highest BCUT2D eigenvalue weighted by Crippen LogP contribution is 2.24. The third kappa shape index (κ3) is 1.90. The number of hydrogen-bond acceptors (Lipinski definition) is 2. The molecule has 82 valence electrons. The second-order valence-electron chi connectivity index (χ2n) is 2.79. The minimum Gasteiger partial charge on any atom is -0.481 e. The van der Waals surface area contributed by atoms with Crippen LogP contribution in [0.2, 0.25) is 0 Å². The minimum absolute atomic E-state index is 0.905. The van der Waals surface area contributed by atoms with Crippen LogP contribution in [-0.4, -0.2) is 16.1 Å². The van der Waals surface area contributed by atoms with Crippen LogP contribution in [0, 0.1) is 23.5 Å². The van der Waals surface area contributed by atoms with Gasteiger partial charge in [-0.1, -0.05) is 0 Å². The quantitative estimate of drug-likeness (QED) is 0.614. The van der Waals surface area contributed by atoms with Gasteiger partial charge in [-0.3, -0.25) is 4.79 Å². The molecule has 0 fully saturated rings. The zero-order valence-electron chi connectivity index (χ0n) is 7.39. The minimum atomic E-state index is -1.86. The van der Waals surface area contributed by atoms with Crippen LogP contribution in [0.15, 0.2) is 0 Å². The van der Waals surface area contributed by atoms with E-state index in [-0.39, 0.29) is 0 Å². The zero-order chi connectivity index (χ0) is 11.7. The maximum absolute atomic E-state index is 12.9. The normalized spacial score (nSPS) is 12.6. The van der Waals surface area contributed by atoms with Gasteiger partial charge < -0.3 is 5.11 Å². The molecule has 0 aliphatic heterocycles. The highest BCUT2D eigenvalue weighted by atomic mass is 19.2. The topological polar surface area (TPSA) is 50.2 Å². The summed E-state index contributed by atoms with van der Waals surface area (Å²) < 4.78 is 51.0. The van der Waals surface area contributed by atoms with E-state index in [9.17, 15) is 22.4 Å². The van der Waals surface area contributed by atoms with E-state index in [1.54, 1.807) is 0 Å². The molecule has 1 aromatic rings. The predicted octanol–water partition coefficient (Wildman–Crippen LogP) is 1.83. The van der Waals surface area contributed by atoms with Crippen LogP contribution in [0.5, 0.6) is 0 Å². The molecule has 0 aromatic carbocycles. The van der Waals surface area contributed by atoms with Crippen LogP contribution in [0.1, 0.15) is 18.4 Å². The molecule has 0 aliphatic rings. The van der Waals surface area contributed by atoms with E-state index in [2.05, 4.69) is 4.98 Å². The molecule has 1 atom stereocenters. The van der Waals surface area contributed by atoms with Crippen molar-refractivity contribution in [3.63, 3.8) is 0 Å². The van der Waals surface area contributed by atoms with Gasteiger partial charge in [0.2, 0.25) is 0 Å². The van der Waals surface area contributed by atoms with Gasteiger partial charge in [0.25, 0.3) is 11.9 Å². The summed E-state index contributed by atoms with van der Waals surface area (Å²) in [6, 6.07) is 0. The van der Waals surface area contributed by atoms with E-state index in [0.717, 1.165) is 6.92 Å². The second-order valence-corrected chi connectivity index (χ2v) is 2.79. The summed E-state index contributed by atoms with van der Waals surface area (Å²) >= 11 is 0. The maximum Gasteiger partial charge on any atom is 0.310 e. The molecule has 7 heteroatoms. The fourth-order valence-electron chi connectivity index (χ4n) is 1.01. The number of pyridine rings is 1. The van der Waals surface area contributed by atoms with Gasteiger partial charge in [-0.2, -0.15) is 13.8 Å². The van der Waals surface area contributed by atoms with Crippen molar-refractivity contribution in [3.8, 4) is 0 Å². The molecule has 1 unspecified atom stereocenters. The molecule has 0 saturated heterocycles. The van der Waals surface area contributed by atoms with Gasteiger partial charge in [0.05, 0.1) is 5.92 Å². The summed E-state index contributed by atoms with van der Waals surface area (Å²) in [5.74, 6) is -10.6. The molecule has 0 saturated carbocycles. The lowest BCUT2D eigenvalue weighted by Gasteiger charge is -2.09. The Kier molecular flexibility index (Phi) is 2.92. The lowest BCUT2D eigenvalue weighted by molar-refractivity contribution is -0.138. The Labute approximate surface area is 81.4 Å². The predicted molar refractivity (Wildman–Crippen MR) is 40.1 cm³/mol. The van der Waals surface area contributed by atoms with Crippen LogP contribution in [0.4, 0.5) is 17.6 Å². The largest absolute Gasteiger partial charge is 0.481 e. The van der Waals surface area contributed by atoms with Crippen LogP contribution in [0.3, 0.4) is 0 Å². The lowest BCUT2D eigenvalue weighted by atomic mass is 10.0. The van der Waals surface area contributed by atoms with Crippen molar-refractivity contribution in [1.82, 2.24) is 4.98 Å². The molecular formula is C8H5F4NO2. The first kappa shape index (κ1) is 11.4. The number of aliphatic carboxylic acids is 1. The van der Waals surface area contributed by atoms with Crippen LogP contribution < -0.4 is 0 Å². The second kappa shape index (κ2) is 3.84. The van der Waals surface area contributed by atoms with E-state index in [4.69, 9.17) is 5.11 Å². The SMILES string of the molecule is CC(C(=O)O)c1c(F)c(F)nc(F)c1F. The van der Waals surface area contributed by atoms with Crippen molar-refractivity contribution in [1.29, 1.82) is 0 Å². The first-order valence-electron chi connectivity index (χ1n) is 3.79. The summed E-state index contributed by atoms with van der Waals surface area (Å²) in [6.07, 6.45) is 0. The Hall–Kier alpha value is -1.66. The Morgan fingerprint density at radius 3 is 1.93 bits per heavy atom. The standard InChI is InChI=1S/C8H5F4NO2/c1-2(8(14)15)3-4(9)6(11)13-7(12)5(3)10/h2H,1H3,(H,14,15). The van der Waals surface area contributed by atoms with Crippen molar-refractivity contribution < 1.29 is 27.5 Å². The Bertz CT molecular complexity index is 395. The van der Waals surface area contributed by atoms with Crippen molar-refractivity contribution in [2.45, 2.75) is 12.8 Å². The average Bonchev–Trinajstić information content (AvgIpc) is 2.15. The van der Waals surface area contributed by atoms with Gasteiger partial charge in [-0.25, -0.2) is 8.78 Å². The summed E-state index contributed by atoms with van der Waals surface area (Å²) in [4.78, 5) is 12.7. The molecule has 0 spiro atoms. The fourth-order valence-corrected chi connectivity index (χ4v) is 1.01. The van der Waals surface area contributed by atoms with Gasteiger partial charge in [0, 0.05) is 5.56 Å². The fraction of sp³-hybridized carbons (Fsp3) is 0.250. The zero-order valence-corrected chi connectivity index (χ0v) is 7.39. The molecule has 15 heavy (non-hydrogen) atoms. The third-order valence-electron chi connectivity index (χ3n) is 1.83. The van der Waals surface area contributed by atoms with Crippen molar-refractivity contribution in [2.75, 3.05) is 0 Å². The Morgan fingerprint density at radius 1 is 1.20 bits per heavy atom. The Balaban J connectivity index is 3.45. The van der Waals surface area contributed by atoms with Gasteiger partial charge in [0.15, 0.2) is 11.6 Å². The van der Waals surface area contributed by atoms with E-state index in [0.29, 0.717) is 0 Å². The van der Waals surface area contributed by atoms with Gasteiger partial charge in [-0.05, 0) is 6.92 Å². The van der Waals surface area contributed by atoms with Crippen molar-refractivity contribution >= 4 is 5.97 Å². The molecule has 3 nitrogen and oxygen atoms in total. The molecule has 1 rings (SSSR count).